The molecule has 0 heterocycles. The van der Waals surface area contributed by atoms with Crippen LogP contribution >= 0.6 is 24.0 Å². The van der Waals surface area contributed by atoms with E-state index < -0.39 is 0 Å². The second-order valence-electron chi connectivity index (χ2n) is 4.67. The second kappa shape index (κ2) is 6.43. The van der Waals surface area contributed by atoms with Gasteiger partial charge < -0.3 is 11.1 Å². The van der Waals surface area contributed by atoms with Crippen LogP contribution in [0.25, 0.3) is 0 Å². The zero-order valence-electron chi connectivity index (χ0n) is 10.7. The molecule has 18 heavy (non-hydrogen) atoms. The minimum atomic E-state index is 0.460. The minimum Gasteiger partial charge on any atom is -0.389 e. The van der Waals surface area contributed by atoms with Crippen LogP contribution in [0.3, 0.4) is 0 Å². The number of nitrogens with two attached hydrogens (primary N) is 1. The summed E-state index contributed by atoms with van der Waals surface area (Å²) in [6, 6.07) is 8.71. The van der Waals surface area contributed by atoms with Gasteiger partial charge in [-0.3, -0.25) is 0 Å². The average Bonchev–Trinajstić information content (AvgIpc) is 2.78. The lowest BCUT2D eigenvalue weighted by Crippen LogP contribution is -2.16. The molecule has 1 aliphatic rings. The van der Waals surface area contributed by atoms with E-state index in [0.29, 0.717) is 11.0 Å². The van der Waals surface area contributed by atoms with Crippen LogP contribution < -0.4 is 11.1 Å². The molecular weight excluding hydrogens is 260 g/mol. The number of thioether (sulfide) groups is 1. The average molecular weight is 280 g/mol. The standard InChI is InChI=1S/C14H20N2S2/c1-2-18-13-8-7-12(9-13)16-11-5-3-10(4-6-11)14(15)17/h3-6,12-13,16H,2,7-9H2,1H3,(H2,15,17). The van der Waals surface area contributed by atoms with Crippen LogP contribution in [-0.4, -0.2) is 22.0 Å². The lowest BCUT2D eigenvalue weighted by atomic mass is 10.2. The van der Waals surface area contributed by atoms with E-state index in [1.165, 1.54) is 30.7 Å². The van der Waals surface area contributed by atoms with Crippen molar-refractivity contribution in [3.63, 3.8) is 0 Å². The fourth-order valence-electron chi connectivity index (χ4n) is 2.42. The Morgan fingerprint density at radius 1 is 1.39 bits per heavy atom. The SMILES string of the molecule is CCSC1CCC(Nc2ccc(C(N)=S)cc2)C1. The maximum atomic E-state index is 5.59. The number of anilines is 1. The Morgan fingerprint density at radius 2 is 2.11 bits per heavy atom. The van der Waals surface area contributed by atoms with Gasteiger partial charge in [-0.25, -0.2) is 0 Å². The van der Waals surface area contributed by atoms with Crippen LogP contribution in [0.5, 0.6) is 0 Å². The maximum Gasteiger partial charge on any atom is 0.103 e. The van der Waals surface area contributed by atoms with Gasteiger partial charge in [0.05, 0.1) is 0 Å². The van der Waals surface area contributed by atoms with Gasteiger partial charge in [-0.2, -0.15) is 11.8 Å². The number of hydrogen-bond acceptors (Lipinski definition) is 3. The highest BCUT2D eigenvalue weighted by molar-refractivity contribution is 7.99. The van der Waals surface area contributed by atoms with E-state index in [2.05, 4.69) is 36.1 Å². The monoisotopic (exact) mass is 280 g/mol. The molecule has 2 atom stereocenters. The summed E-state index contributed by atoms with van der Waals surface area (Å²) in [5.74, 6) is 1.22. The number of nitrogens with one attached hydrogen (secondary N) is 1. The third-order valence-electron chi connectivity index (χ3n) is 3.33. The molecular formula is C14H20N2S2. The maximum absolute atomic E-state index is 5.59. The molecule has 0 aromatic heterocycles. The Balaban J connectivity index is 1.88. The van der Waals surface area contributed by atoms with Crippen molar-refractivity contribution in [1.29, 1.82) is 0 Å². The van der Waals surface area contributed by atoms with E-state index in [4.69, 9.17) is 18.0 Å². The van der Waals surface area contributed by atoms with E-state index >= 15 is 0 Å². The fourth-order valence-corrected chi connectivity index (χ4v) is 3.70. The van der Waals surface area contributed by atoms with Crippen molar-refractivity contribution in [2.75, 3.05) is 11.1 Å². The molecule has 2 rings (SSSR count). The molecule has 1 aromatic rings. The van der Waals surface area contributed by atoms with Gasteiger partial charge in [0.2, 0.25) is 0 Å². The Morgan fingerprint density at radius 3 is 2.72 bits per heavy atom. The molecule has 0 saturated heterocycles. The summed E-state index contributed by atoms with van der Waals surface area (Å²) in [4.78, 5) is 0.460. The smallest absolute Gasteiger partial charge is 0.103 e. The van der Waals surface area contributed by atoms with Gasteiger partial charge in [0.1, 0.15) is 4.99 Å². The zero-order valence-corrected chi connectivity index (χ0v) is 12.3. The fraction of sp³-hybridized carbons (Fsp3) is 0.500. The van der Waals surface area contributed by atoms with Crippen LogP contribution in [0.2, 0.25) is 0 Å². The highest BCUT2D eigenvalue weighted by Crippen LogP contribution is 2.31. The van der Waals surface area contributed by atoms with Gasteiger partial charge in [0.25, 0.3) is 0 Å². The lowest BCUT2D eigenvalue weighted by molar-refractivity contribution is 0.757. The Bertz CT molecular complexity index is 403. The highest BCUT2D eigenvalue weighted by Gasteiger charge is 2.24. The molecule has 2 nitrogen and oxygen atoms in total. The lowest BCUT2D eigenvalue weighted by Gasteiger charge is -2.14. The van der Waals surface area contributed by atoms with E-state index in [1.807, 2.05) is 12.1 Å². The van der Waals surface area contributed by atoms with Gasteiger partial charge in [-0.1, -0.05) is 19.1 Å². The second-order valence-corrected chi connectivity index (χ2v) is 6.69. The topological polar surface area (TPSA) is 38.0 Å². The summed E-state index contributed by atoms with van der Waals surface area (Å²) in [5.41, 5.74) is 7.69. The van der Waals surface area contributed by atoms with E-state index in [1.54, 1.807) is 0 Å². The molecule has 4 heteroatoms. The molecule has 1 fully saturated rings. The zero-order chi connectivity index (χ0) is 13.0. The summed E-state index contributed by atoms with van der Waals surface area (Å²) in [6.45, 7) is 2.24. The first-order chi connectivity index (χ1) is 8.69. The van der Waals surface area contributed by atoms with Gasteiger partial charge >= 0.3 is 0 Å². The predicted octanol–water partition coefficient (Wildman–Crippen LogP) is 3.41. The van der Waals surface area contributed by atoms with Crippen molar-refractivity contribution in [1.82, 2.24) is 0 Å². The van der Waals surface area contributed by atoms with Crippen LogP contribution in [0.4, 0.5) is 5.69 Å². The van der Waals surface area contributed by atoms with Crippen molar-refractivity contribution in [3.8, 4) is 0 Å². The van der Waals surface area contributed by atoms with Crippen molar-refractivity contribution < 1.29 is 0 Å². The molecule has 0 amide bonds. The van der Waals surface area contributed by atoms with Gasteiger partial charge in [0.15, 0.2) is 0 Å². The van der Waals surface area contributed by atoms with Crippen LogP contribution in [0.1, 0.15) is 31.7 Å². The molecule has 2 unspecified atom stereocenters. The Hall–Kier alpha value is -0.740. The van der Waals surface area contributed by atoms with Gasteiger partial charge in [-0.05, 0) is 49.3 Å². The quantitative estimate of drug-likeness (QED) is 0.811. The first-order valence-electron chi connectivity index (χ1n) is 6.47. The van der Waals surface area contributed by atoms with E-state index in [9.17, 15) is 0 Å². The summed E-state index contributed by atoms with van der Waals surface area (Å²) < 4.78 is 0. The van der Waals surface area contributed by atoms with Crippen LogP contribution in [0.15, 0.2) is 24.3 Å². The number of hydrogen-bond donors (Lipinski definition) is 2. The summed E-state index contributed by atoms with van der Waals surface area (Å²) in [6.07, 6.45) is 3.88. The number of thiocarbonyl (C=S) groups is 1. The van der Waals surface area contributed by atoms with E-state index in [0.717, 1.165) is 10.8 Å². The van der Waals surface area contributed by atoms with Crippen LogP contribution in [0, 0.1) is 0 Å². The summed E-state index contributed by atoms with van der Waals surface area (Å²) in [7, 11) is 0. The molecule has 0 bridgehead atoms. The highest BCUT2D eigenvalue weighted by atomic mass is 32.2. The molecule has 98 valence electrons. The molecule has 0 spiro atoms. The van der Waals surface area contributed by atoms with Crippen molar-refractivity contribution in [2.24, 2.45) is 5.73 Å². The third-order valence-corrected chi connectivity index (χ3v) is 4.80. The summed E-state index contributed by atoms with van der Waals surface area (Å²) in [5, 5.41) is 4.43. The largest absolute Gasteiger partial charge is 0.389 e. The minimum absolute atomic E-state index is 0.460. The van der Waals surface area contributed by atoms with Crippen LogP contribution in [-0.2, 0) is 0 Å². The Labute approximate surface area is 119 Å². The summed E-state index contributed by atoms with van der Waals surface area (Å²) >= 11 is 7.03. The van der Waals surface area contributed by atoms with Gasteiger partial charge in [0, 0.05) is 22.5 Å². The number of rotatable bonds is 5. The molecule has 3 N–H and O–H groups in total. The third kappa shape index (κ3) is 3.62. The van der Waals surface area contributed by atoms with E-state index in [-0.39, 0.29) is 0 Å². The molecule has 1 aromatic carbocycles. The number of benzene rings is 1. The Kier molecular flexibility index (Phi) is 4.89. The van der Waals surface area contributed by atoms with Crippen molar-refractivity contribution in [2.45, 2.75) is 37.5 Å². The first kappa shape index (κ1) is 13.7. The van der Waals surface area contributed by atoms with Crippen molar-refractivity contribution in [3.05, 3.63) is 29.8 Å². The molecule has 0 aliphatic heterocycles. The molecule has 1 saturated carbocycles. The first-order valence-corrected chi connectivity index (χ1v) is 7.92. The van der Waals surface area contributed by atoms with Crippen molar-refractivity contribution >= 4 is 34.7 Å². The predicted molar refractivity (Wildman–Crippen MR) is 85.5 cm³/mol. The molecule has 0 radical (unpaired) electrons. The van der Waals surface area contributed by atoms with Gasteiger partial charge in [-0.15, -0.1) is 0 Å². The normalized spacial score (nSPS) is 22.9. The molecule has 1 aliphatic carbocycles.